The molecule has 6 unspecified atom stereocenters. The van der Waals surface area contributed by atoms with Crippen LogP contribution >= 0.6 is 22.6 Å². The van der Waals surface area contributed by atoms with E-state index >= 15 is 0 Å². The Hall–Kier alpha value is 0.650. The van der Waals surface area contributed by atoms with Crippen LogP contribution in [-0.2, 0) is 9.47 Å². The van der Waals surface area contributed by atoms with Crippen LogP contribution in [0.15, 0.2) is 0 Å². The van der Waals surface area contributed by atoms with Gasteiger partial charge in [0.05, 0.1) is 6.10 Å². The standard InChI is InChI=1S/C15H27IO2/c1-10-6-12-4-5-14(13(8-12)9-16)15(7-10)18-11(2)17-3/h10-15H,4-9H2,1-3H3. The van der Waals surface area contributed by atoms with Crippen molar-refractivity contribution >= 4 is 22.6 Å². The second-order valence-electron chi connectivity index (χ2n) is 6.31. The zero-order chi connectivity index (χ0) is 13.1. The largest absolute Gasteiger partial charge is 0.356 e. The van der Waals surface area contributed by atoms with Gasteiger partial charge in [-0.25, -0.2) is 0 Å². The van der Waals surface area contributed by atoms with Crippen molar-refractivity contribution in [3.05, 3.63) is 0 Å². The van der Waals surface area contributed by atoms with E-state index in [2.05, 4.69) is 29.5 Å². The summed E-state index contributed by atoms with van der Waals surface area (Å²) in [6.07, 6.45) is 7.20. The van der Waals surface area contributed by atoms with Crippen molar-refractivity contribution in [2.24, 2.45) is 23.7 Å². The fourth-order valence-corrected chi connectivity index (χ4v) is 4.97. The summed E-state index contributed by atoms with van der Waals surface area (Å²) in [6.45, 7) is 4.42. The van der Waals surface area contributed by atoms with Gasteiger partial charge in [0.25, 0.3) is 0 Å². The van der Waals surface area contributed by atoms with Gasteiger partial charge < -0.3 is 9.47 Å². The highest BCUT2D eigenvalue weighted by atomic mass is 127. The van der Waals surface area contributed by atoms with Gasteiger partial charge in [0, 0.05) is 11.5 Å². The highest BCUT2D eigenvalue weighted by molar-refractivity contribution is 14.1. The van der Waals surface area contributed by atoms with Crippen LogP contribution in [0.2, 0.25) is 0 Å². The molecule has 0 aromatic rings. The Morgan fingerprint density at radius 1 is 1.22 bits per heavy atom. The molecule has 3 heteroatoms. The molecule has 0 amide bonds. The van der Waals surface area contributed by atoms with E-state index in [1.807, 2.05) is 6.92 Å². The first-order chi connectivity index (χ1) is 8.63. The van der Waals surface area contributed by atoms with Gasteiger partial charge in [-0.15, -0.1) is 0 Å². The third kappa shape index (κ3) is 3.60. The SMILES string of the molecule is COC(C)OC1CC(C)CC2CCC1C(CI)C2. The predicted octanol–water partition coefficient (Wildman–Crippen LogP) is 4.26. The van der Waals surface area contributed by atoms with Gasteiger partial charge in [0.2, 0.25) is 0 Å². The number of hydrogen-bond acceptors (Lipinski definition) is 2. The number of methoxy groups -OCH3 is 1. The fourth-order valence-electron chi connectivity index (χ4n) is 3.96. The van der Waals surface area contributed by atoms with Gasteiger partial charge in [-0.1, -0.05) is 35.9 Å². The molecule has 3 fully saturated rings. The molecule has 3 aliphatic rings. The smallest absolute Gasteiger partial charge is 0.154 e. The molecule has 0 aromatic carbocycles. The first-order valence-electron chi connectivity index (χ1n) is 7.38. The van der Waals surface area contributed by atoms with E-state index in [1.54, 1.807) is 7.11 Å². The molecule has 0 aliphatic heterocycles. The first-order valence-corrected chi connectivity index (χ1v) is 8.90. The second-order valence-corrected chi connectivity index (χ2v) is 7.19. The van der Waals surface area contributed by atoms with Crippen molar-refractivity contribution in [1.82, 2.24) is 0 Å². The van der Waals surface area contributed by atoms with Crippen LogP contribution in [0.1, 0.15) is 46.0 Å². The Kier molecular flexibility index (Phi) is 5.76. The molecule has 0 radical (unpaired) electrons. The molecule has 0 saturated heterocycles. The van der Waals surface area contributed by atoms with E-state index in [0.717, 1.165) is 23.7 Å². The summed E-state index contributed by atoms with van der Waals surface area (Å²) in [5, 5.41) is 0. The summed E-state index contributed by atoms with van der Waals surface area (Å²) in [5.74, 6) is 3.42. The molecule has 6 atom stereocenters. The maximum atomic E-state index is 6.18. The van der Waals surface area contributed by atoms with E-state index in [0.29, 0.717) is 6.10 Å². The molecule has 106 valence electrons. The molecular formula is C15H27IO2. The number of halogens is 1. The minimum atomic E-state index is -0.0609. The Labute approximate surface area is 125 Å². The van der Waals surface area contributed by atoms with Crippen LogP contribution in [0.25, 0.3) is 0 Å². The minimum Gasteiger partial charge on any atom is -0.356 e. The molecule has 0 spiro atoms. The maximum Gasteiger partial charge on any atom is 0.154 e. The predicted molar refractivity (Wildman–Crippen MR) is 83.0 cm³/mol. The molecule has 3 saturated carbocycles. The van der Waals surface area contributed by atoms with Crippen LogP contribution in [0, 0.1) is 23.7 Å². The summed E-state index contributed by atoms with van der Waals surface area (Å²) < 4.78 is 12.8. The van der Waals surface area contributed by atoms with Crippen molar-refractivity contribution in [3.63, 3.8) is 0 Å². The highest BCUT2D eigenvalue weighted by Crippen LogP contribution is 2.45. The van der Waals surface area contributed by atoms with Crippen molar-refractivity contribution in [1.29, 1.82) is 0 Å². The molecule has 3 rings (SSSR count). The number of hydrogen-bond donors (Lipinski definition) is 0. The first kappa shape index (κ1) is 15.0. The maximum absolute atomic E-state index is 6.18. The van der Waals surface area contributed by atoms with Gasteiger partial charge in [0.15, 0.2) is 6.29 Å². The zero-order valence-electron chi connectivity index (χ0n) is 11.9. The van der Waals surface area contributed by atoms with Crippen LogP contribution in [0.4, 0.5) is 0 Å². The van der Waals surface area contributed by atoms with Gasteiger partial charge in [-0.3, -0.25) is 0 Å². The van der Waals surface area contributed by atoms with Crippen LogP contribution in [-0.4, -0.2) is 23.9 Å². The van der Waals surface area contributed by atoms with Gasteiger partial charge in [0.1, 0.15) is 0 Å². The molecule has 2 bridgehead atoms. The lowest BCUT2D eigenvalue weighted by atomic mass is 9.66. The lowest BCUT2D eigenvalue weighted by molar-refractivity contribution is -0.175. The average Bonchev–Trinajstić information content (AvgIpc) is 2.35. The Bertz CT molecular complexity index is 257. The highest BCUT2D eigenvalue weighted by Gasteiger charge is 2.39. The van der Waals surface area contributed by atoms with E-state index in [4.69, 9.17) is 9.47 Å². The number of rotatable bonds is 4. The molecule has 0 heterocycles. The zero-order valence-corrected chi connectivity index (χ0v) is 14.1. The van der Waals surface area contributed by atoms with Crippen molar-refractivity contribution in [3.8, 4) is 0 Å². The Morgan fingerprint density at radius 2 is 2.00 bits per heavy atom. The van der Waals surface area contributed by atoms with E-state index < -0.39 is 0 Å². The second kappa shape index (κ2) is 6.89. The monoisotopic (exact) mass is 366 g/mol. The van der Waals surface area contributed by atoms with Crippen molar-refractivity contribution in [2.75, 3.05) is 11.5 Å². The lowest BCUT2D eigenvalue weighted by Crippen LogP contribution is -2.41. The lowest BCUT2D eigenvalue weighted by Gasteiger charge is -2.44. The van der Waals surface area contributed by atoms with Crippen LogP contribution < -0.4 is 0 Å². The summed E-state index contributed by atoms with van der Waals surface area (Å²) in [6, 6.07) is 0. The van der Waals surface area contributed by atoms with E-state index in [9.17, 15) is 0 Å². The molecular weight excluding hydrogens is 339 g/mol. The van der Waals surface area contributed by atoms with Gasteiger partial charge in [-0.2, -0.15) is 0 Å². The average molecular weight is 366 g/mol. The van der Waals surface area contributed by atoms with Crippen molar-refractivity contribution < 1.29 is 9.47 Å². The summed E-state index contributed by atoms with van der Waals surface area (Å²) in [7, 11) is 1.74. The number of ether oxygens (including phenoxy) is 2. The summed E-state index contributed by atoms with van der Waals surface area (Å²) >= 11 is 2.57. The topological polar surface area (TPSA) is 18.5 Å². The fraction of sp³-hybridized carbons (Fsp3) is 1.00. The molecule has 18 heavy (non-hydrogen) atoms. The quantitative estimate of drug-likeness (QED) is 0.421. The summed E-state index contributed by atoms with van der Waals surface area (Å²) in [4.78, 5) is 0. The van der Waals surface area contributed by atoms with Crippen LogP contribution in [0.3, 0.4) is 0 Å². The normalized spacial score (nSPS) is 42.3. The molecule has 3 aliphatic carbocycles. The van der Waals surface area contributed by atoms with E-state index in [1.165, 1.54) is 36.5 Å². The van der Waals surface area contributed by atoms with Crippen molar-refractivity contribution in [2.45, 2.75) is 58.3 Å². The van der Waals surface area contributed by atoms with Gasteiger partial charge in [-0.05, 0) is 56.3 Å². The van der Waals surface area contributed by atoms with E-state index in [-0.39, 0.29) is 6.29 Å². The third-order valence-corrected chi connectivity index (χ3v) is 6.03. The summed E-state index contributed by atoms with van der Waals surface area (Å²) in [5.41, 5.74) is 0. The molecule has 2 nitrogen and oxygen atoms in total. The third-order valence-electron chi connectivity index (χ3n) is 4.89. The van der Waals surface area contributed by atoms with Gasteiger partial charge >= 0.3 is 0 Å². The van der Waals surface area contributed by atoms with Crippen LogP contribution in [0.5, 0.6) is 0 Å². The number of fused-ring (bicyclic) bond motifs is 5. The Balaban J connectivity index is 2.08. The molecule has 0 aromatic heterocycles. The number of alkyl halides is 1. The minimum absolute atomic E-state index is 0.0609. The molecule has 0 N–H and O–H groups in total. The Morgan fingerprint density at radius 3 is 2.67 bits per heavy atom.